The first-order valence-corrected chi connectivity index (χ1v) is 10.6. The minimum atomic E-state index is 0.0350. The maximum Gasteiger partial charge on any atom is 0.282 e. The molecule has 7 nitrogen and oxygen atoms in total. The number of ether oxygens (including phenoxy) is 1. The van der Waals surface area contributed by atoms with Crippen molar-refractivity contribution in [1.82, 2.24) is 9.88 Å². The SMILES string of the molecule is C=C[C@@H](CN=[N+]=[N-])[C@H]1CCN2C(=O)S[C@@H](c3ccnc4ccc(OC)cc34)C2C1. The van der Waals surface area contributed by atoms with Gasteiger partial charge in [0.15, 0.2) is 0 Å². The molecule has 2 saturated heterocycles. The topological polar surface area (TPSA) is 91.2 Å². The van der Waals surface area contributed by atoms with E-state index >= 15 is 0 Å². The van der Waals surface area contributed by atoms with E-state index in [0.717, 1.165) is 41.6 Å². The number of nitrogens with zero attached hydrogens (tertiary/aromatic N) is 5. The summed E-state index contributed by atoms with van der Waals surface area (Å²) >= 11 is 1.40. The number of hydrogen-bond donors (Lipinski definition) is 0. The van der Waals surface area contributed by atoms with Crippen molar-refractivity contribution < 1.29 is 9.53 Å². The van der Waals surface area contributed by atoms with Crippen LogP contribution in [0, 0.1) is 11.8 Å². The molecule has 0 N–H and O–H groups in total. The van der Waals surface area contributed by atoms with Gasteiger partial charge in [0, 0.05) is 35.6 Å². The van der Waals surface area contributed by atoms with Crippen molar-refractivity contribution in [2.45, 2.75) is 24.1 Å². The molecule has 1 unspecified atom stereocenters. The van der Waals surface area contributed by atoms with Gasteiger partial charge in [0.05, 0.1) is 17.9 Å². The molecule has 0 saturated carbocycles. The summed E-state index contributed by atoms with van der Waals surface area (Å²) in [6.45, 7) is 5.08. The first-order valence-electron chi connectivity index (χ1n) is 9.69. The van der Waals surface area contributed by atoms with Crippen LogP contribution in [0.15, 0.2) is 48.2 Å². The summed E-state index contributed by atoms with van der Waals surface area (Å²) in [5.74, 6) is 1.25. The van der Waals surface area contributed by atoms with Crippen LogP contribution in [0.5, 0.6) is 5.75 Å². The van der Waals surface area contributed by atoms with Crippen LogP contribution in [0.4, 0.5) is 4.79 Å². The molecule has 0 bridgehead atoms. The number of carbonyl (C=O) groups is 1. The Hall–Kier alpha value is -2.70. The van der Waals surface area contributed by atoms with Gasteiger partial charge in [-0.25, -0.2) is 0 Å². The van der Waals surface area contributed by atoms with Crippen molar-refractivity contribution in [3.05, 3.63) is 59.1 Å². The molecule has 4 atom stereocenters. The molecule has 4 rings (SSSR count). The van der Waals surface area contributed by atoms with Crippen LogP contribution in [0.2, 0.25) is 0 Å². The molecule has 150 valence electrons. The third-order valence-electron chi connectivity index (χ3n) is 6.05. The monoisotopic (exact) mass is 409 g/mol. The van der Waals surface area contributed by atoms with Crippen molar-refractivity contribution in [3.63, 3.8) is 0 Å². The first kappa shape index (κ1) is 19.6. The Bertz CT molecular complexity index is 990. The number of benzene rings is 1. The molecule has 2 aliphatic rings. The molecule has 2 aliphatic heterocycles. The summed E-state index contributed by atoms with van der Waals surface area (Å²) in [5, 5.41) is 4.95. The maximum absolute atomic E-state index is 12.7. The van der Waals surface area contributed by atoms with E-state index in [1.54, 1.807) is 7.11 Å². The molecule has 2 aromatic rings. The molecule has 0 aliphatic carbocycles. The van der Waals surface area contributed by atoms with E-state index in [1.807, 2.05) is 41.4 Å². The highest BCUT2D eigenvalue weighted by Crippen LogP contribution is 2.50. The number of thioether (sulfide) groups is 1. The van der Waals surface area contributed by atoms with Crippen LogP contribution in [0.1, 0.15) is 23.7 Å². The molecule has 1 aromatic carbocycles. The summed E-state index contributed by atoms with van der Waals surface area (Å²) < 4.78 is 5.41. The summed E-state index contributed by atoms with van der Waals surface area (Å²) in [6, 6.07) is 7.98. The van der Waals surface area contributed by atoms with Gasteiger partial charge in [0.25, 0.3) is 5.24 Å². The maximum atomic E-state index is 12.7. The molecule has 29 heavy (non-hydrogen) atoms. The lowest BCUT2D eigenvalue weighted by molar-refractivity contribution is 0.136. The number of aromatic nitrogens is 1. The van der Waals surface area contributed by atoms with Crippen LogP contribution < -0.4 is 4.74 Å². The van der Waals surface area contributed by atoms with E-state index in [4.69, 9.17) is 10.3 Å². The van der Waals surface area contributed by atoms with E-state index in [1.165, 1.54) is 11.8 Å². The number of amides is 1. The zero-order valence-corrected chi connectivity index (χ0v) is 17.1. The largest absolute Gasteiger partial charge is 0.497 e. The Kier molecular flexibility index (Phi) is 5.65. The van der Waals surface area contributed by atoms with E-state index in [0.29, 0.717) is 12.5 Å². The lowest BCUT2D eigenvalue weighted by atomic mass is 9.79. The second-order valence-corrected chi connectivity index (χ2v) is 8.54. The predicted molar refractivity (Wildman–Crippen MR) is 115 cm³/mol. The zero-order valence-electron chi connectivity index (χ0n) is 16.3. The van der Waals surface area contributed by atoms with Crippen molar-refractivity contribution in [2.75, 3.05) is 20.2 Å². The molecule has 1 aromatic heterocycles. The molecular weight excluding hydrogens is 386 g/mol. The normalized spacial score (nSPS) is 24.7. The van der Waals surface area contributed by atoms with Gasteiger partial charge >= 0.3 is 0 Å². The van der Waals surface area contributed by atoms with Gasteiger partial charge in [0.1, 0.15) is 5.75 Å². The summed E-state index contributed by atoms with van der Waals surface area (Å²) in [6.07, 6.45) is 5.47. The van der Waals surface area contributed by atoms with Crippen LogP contribution >= 0.6 is 11.8 Å². The van der Waals surface area contributed by atoms with Gasteiger partial charge in [-0.3, -0.25) is 9.78 Å². The number of azide groups is 1. The Labute approximate surface area is 173 Å². The molecule has 2 fully saturated rings. The van der Waals surface area contributed by atoms with Crippen molar-refractivity contribution in [2.24, 2.45) is 17.0 Å². The van der Waals surface area contributed by atoms with E-state index in [9.17, 15) is 4.79 Å². The zero-order chi connectivity index (χ0) is 20.4. The lowest BCUT2D eigenvalue weighted by Gasteiger charge is -2.39. The standard InChI is InChI=1S/C21H23N5O2S/c1-3-13(12-24-25-22)14-7-9-26-19(10-14)20(29-21(26)27)16-6-8-23-18-5-4-15(28-2)11-17(16)18/h3-6,8,11,13-14,19-20H,1,7,9-10,12H2,2H3/t13-,14-,19?,20-/m0/s1. The number of carbonyl (C=O) groups excluding carboxylic acids is 1. The van der Waals surface area contributed by atoms with Gasteiger partial charge < -0.3 is 9.64 Å². The van der Waals surface area contributed by atoms with Crippen LogP contribution in [0.25, 0.3) is 21.3 Å². The first-order chi connectivity index (χ1) is 14.2. The van der Waals surface area contributed by atoms with Gasteiger partial charge in [-0.1, -0.05) is 23.0 Å². The average Bonchev–Trinajstić information content (AvgIpc) is 3.09. The van der Waals surface area contributed by atoms with Gasteiger partial charge in [-0.2, -0.15) is 0 Å². The van der Waals surface area contributed by atoms with E-state index in [2.05, 4.69) is 21.6 Å². The molecule has 3 heterocycles. The Balaban J connectivity index is 1.68. The third kappa shape index (κ3) is 3.66. The van der Waals surface area contributed by atoms with Crippen LogP contribution in [0.3, 0.4) is 0 Å². The van der Waals surface area contributed by atoms with Crippen LogP contribution in [-0.4, -0.2) is 41.4 Å². The van der Waals surface area contributed by atoms with Crippen LogP contribution in [-0.2, 0) is 0 Å². The average molecular weight is 410 g/mol. The molecule has 0 spiro atoms. The second kappa shape index (κ2) is 8.35. The van der Waals surface area contributed by atoms with Gasteiger partial charge in [0.2, 0.25) is 0 Å². The molecule has 0 radical (unpaired) electrons. The Morgan fingerprint density at radius 2 is 2.38 bits per heavy atom. The lowest BCUT2D eigenvalue weighted by Crippen LogP contribution is -2.43. The van der Waals surface area contributed by atoms with Gasteiger partial charge in [-0.05, 0) is 60.0 Å². The Morgan fingerprint density at radius 1 is 1.52 bits per heavy atom. The third-order valence-corrected chi connectivity index (χ3v) is 7.31. The minimum Gasteiger partial charge on any atom is -0.497 e. The number of methoxy groups -OCH3 is 1. The molecular formula is C21H23N5O2S. The predicted octanol–water partition coefficient (Wildman–Crippen LogP) is 5.34. The van der Waals surface area contributed by atoms with Gasteiger partial charge in [-0.15, -0.1) is 6.58 Å². The second-order valence-electron chi connectivity index (χ2n) is 7.45. The number of rotatable bonds is 6. The quantitative estimate of drug-likeness (QED) is 0.278. The fraction of sp³-hybridized carbons (Fsp3) is 0.429. The highest BCUT2D eigenvalue weighted by molar-refractivity contribution is 8.14. The smallest absolute Gasteiger partial charge is 0.282 e. The summed E-state index contributed by atoms with van der Waals surface area (Å²) in [5.41, 5.74) is 10.7. The summed E-state index contributed by atoms with van der Waals surface area (Å²) in [4.78, 5) is 22.1. The van der Waals surface area contributed by atoms with Crippen molar-refractivity contribution >= 4 is 27.9 Å². The number of piperidine rings is 1. The molecule has 1 amide bonds. The summed E-state index contributed by atoms with van der Waals surface area (Å²) in [7, 11) is 1.65. The fourth-order valence-corrected chi connectivity index (χ4v) is 5.85. The number of hydrogen-bond acceptors (Lipinski definition) is 5. The molecule has 8 heteroatoms. The van der Waals surface area contributed by atoms with E-state index in [-0.39, 0.29) is 22.4 Å². The Morgan fingerprint density at radius 3 is 3.14 bits per heavy atom. The highest BCUT2D eigenvalue weighted by Gasteiger charge is 2.46. The number of pyridine rings is 1. The van der Waals surface area contributed by atoms with E-state index < -0.39 is 0 Å². The highest BCUT2D eigenvalue weighted by atomic mass is 32.2. The van der Waals surface area contributed by atoms with Crippen molar-refractivity contribution in [3.8, 4) is 5.75 Å². The fourth-order valence-electron chi connectivity index (χ4n) is 4.52. The minimum absolute atomic E-state index is 0.0350. The number of fused-ring (bicyclic) bond motifs is 2. The van der Waals surface area contributed by atoms with Crippen molar-refractivity contribution in [1.29, 1.82) is 0 Å².